The zero-order valence-corrected chi connectivity index (χ0v) is 43.4. The Morgan fingerprint density at radius 2 is 0.873 bits per heavy atom. The van der Waals surface area contributed by atoms with Crippen molar-refractivity contribution in [3.8, 4) is 0 Å². The van der Waals surface area contributed by atoms with Crippen molar-refractivity contribution >= 4 is 13.7 Å². The van der Waals surface area contributed by atoms with Gasteiger partial charge in [-0.15, -0.1) is 0 Å². The number of hydrogen-bond donors (Lipinski definition) is 2. The summed E-state index contributed by atoms with van der Waals surface area (Å²) in [7, 11) is 1.27. The van der Waals surface area contributed by atoms with Gasteiger partial charge in [0.15, 0.2) is 0 Å². The second kappa shape index (κ2) is 46.1. The maximum absolute atomic E-state index is 12.9. The lowest BCUT2D eigenvalue weighted by molar-refractivity contribution is -0.870. The third-order valence-electron chi connectivity index (χ3n) is 12.4. The maximum Gasteiger partial charge on any atom is 0.268 e. The number of allylic oxidation sites excluding steroid dienone is 3. The molecule has 0 saturated carbocycles. The molecule has 0 spiro atoms. The van der Waals surface area contributed by atoms with Crippen LogP contribution in [0.2, 0.25) is 0 Å². The van der Waals surface area contributed by atoms with E-state index in [-0.39, 0.29) is 19.1 Å². The summed E-state index contributed by atoms with van der Waals surface area (Å²) >= 11 is 0. The number of quaternary nitrogens is 1. The highest BCUT2D eigenvalue weighted by molar-refractivity contribution is 7.45. The molecular formula is C54H107N2O6P. The van der Waals surface area contributed by atoms with E-state index in [9.17, 15) is 19.4 Å². The standard InChI is InChI=1S/C54H107N2O6P/c1-6-8-10-12-14-16-18-20-22-24-25-26-27-28-29-30-31-32-34-36-38-40-42-44-46-48-54(58)55-52(51-62-63(59,60)61-50-49-56(3,4)5)53(57)47-45-43-41-39-37-35-33-23-21-19-17-15-13-11-9-7-2/h24-25,45,47,52-53,57H,6-23,26-44,46,48-51H2,1-5H3,(H-,55,58,59,60)/b25-24-,47-45+. The Hall–Kier alpha value is -1.02. The van der Waals surface area contributed by atoms with Crippen LogP contribution in [-0.4, -0.2) is 68.5 Å². The van der Waals surface area contributed by atoms with Gasteiger partial charge in [-0.1, -0.05) is 237 Å². The molecule has 0 aromatic heterocycles. The number of amides is 1. The fourth-order valence-corrected chi connectivity index (χ4v) is 8.81. The molecule has 1 amide bonds. The topological polar surface area (TPSA) is 108 Å². The summed E-state index contributed by atoms with van der Waals surface area (Å²) in [6, 6.07) is -0.884. The Labute approximate surface area is 392 Å². The van der Waals surface area contributed by atoms with Gasteiger partial charge in [0.2, 0.25) is 5.91 Å². The van der Waals surface area contributed by atoms with Crippen molar-refractivity contribution in [2.75, 3.05) is 40.9 Å². The number of rotatable bonds is 50. The second-order valence-corrected chi connectivity index (χ2v) is 21.3. The Bertz CT molecular complexity index is 1080. The van der Waals surface area contributed by atoms with Crippen LogP contribution in [0.25, 0.3) is 0 Å². The predicted octanol–water partition coefficient (Wildman–Crippen LogP) is 15.4. The van der Waals surface area contributed by atoms with Crippen molar-refractivity contribution in [2.24, 2.45) is 0 Å². The molecule has 0 rings (SSSR count). The van der Waals surface area contributed by atoms with Gasteiger partial charge >= 0.3 is 0 Å². The van der Waals surface area contributed by atoms with Gasteiger partial charge in [-0.3, -0.25) is 9.36 Å². The third kappa shape index (κ3) is 48.7. The fourth-order valence-electron chi connectivity index (χ4n) is 8.09. The third-order valence-corrected chi connectivity index (χ3v) is 13.4. The van der Waals surface area contributed by atoms with Gasteiger partial charge in [-0.05, 0) is 44.9 Å². The first-order valence-corrected chi connectivity index (χ1v) is 28.7. The average molecular weight is 911 g/mol. The van der Waals surface area contributed by atoms with Crippen molar-refractivity contribution in [2.45, 2.75) is 276 Å². The minimum atomic E-state index is -4.59. The number of likely N-dealkylation sites (N-methyl/N-ethyl adjacent to an activating group) is 1. The molecule has 63 heavy (non-hydrogen) atoms. The van der Waals surface area contributed by atoms with E-state index in [1.807, 2.05) is 27.2 Å². The number of unbranched alkanes of at least 4 members (excludes halogenated alkanes) is 35. The molecule has 3 atom stereocenters. The highest BCUT2D eigenvalue weighted by Crippen LogP contribution is 2.38. The van der Waals surface area contributed by atoms with Crippen molar-refractivity contribution in [3.05, 3.63) is 24.3 Å². The van der Waals surface area contributed by atoms with Crippen LogP contribution in [0.15, 0.2) is 24.3 Å². The first-order chi connectivity index (χ1) is 30.5. The molecule has 8 nitrogen and oxygen atoms in total. The van der Waals surface area contributed by atoms with Crippen LogP contribution >= 0.6 is 7.82 Å². The molecule has 0 aromatic rings. The van der Waals surface area contributed by atoms with E-state index in [1.54, 1.807) is 6.08 Å². The summed E-state index contributed by atoms with van der Waals surface area (Å²) in [5.74, 6) is -0.194. The summed E-state index contributed by atoms with van der Waals surface area (Å²) in [6.45, 7) is 4.68. The summed E-state index contributed by atoms with van der Waals surface area (Å²) < 4.78 is 23.3. The number of nitrogens with zero attached hydrogens (tertiary/aromatic N) is 1. The van der Waals surface area contributed by atoms with Crippen LogP contribution in [0, 0.1) is 0 Å². The monoisotopic (exact) mass is 911 g/mol. The van der Waals surface area contributed by atoms with Crippen LogP contribution in [-0.2, 0) is 18.4 Å². The van der Waals surface area contributed by atoms with Crippen molar-refractivity contribution in [1.82, 2.24) is 5.32 Å². The van der Waals surface area contributed by atoms with Crippen LogP contribution < -0.4 is 10.2 Å². The lowest BCUT2D eigenvalue weighted by atomic mass is 10.0. The number of carbonyl (C=O) groups is 1. The summed E-state index contributed by atoms with van der Waals surface area (Å²) in [5, 5.41) is 13.9. The highest BCUT2D eigenvalue weighted by atomic mass is 31.2. The largest absolute Gasteiger partial charge is 0.756 e. The molecule has 2 N–H and O–H groups in total. The Balaban J connectivity index is 4.19. The van der Waals surface area contributed by atoms with Crippen LogP contribution in [0.5, 0.6) is 0 Å². The van der Waals surface area contributed by atoms with E-state index in [0.717, 1.165) is 38.5 Å². The number of phosphoric ester groups is 1. The van der Waals surface area contributed by atoms with E-state index in [1.165, 1.54) is 205 Å². The summed E-state index contributed by atoms with van der Waals surface area (Å²) in [5.41, 5.74) is 0. The van der Waals surface area contributed by atoms with E-state index in [2.05, 4.69) is 31.3 Å². The van der Waals surface area contributed by atoms with Gasteiger partial charge < -0.3 is 28.8 Å². The van der Waals surface area contributed by atoms with Gasteiger partial charge in [0.1, 0.15) is 13.2 Å². The number of phosphoric acid groups is 1. The predicted molar refractivity (Wildman–Crippen MR) is 270 cm³/mol. The van der Waals surface area contributed by atoms with Gasteiger partial charge in [-0.2, -0.15) is 0 Å². The molecule has 0 heterocycles. The zero-order chi connectivity index (χ0) is 46.4. The minimum Gasteiger partial charge on any atom is -0.756 e. The first kappa shape index (κ1) is 62.0. The molecule has 374 valence electrons. The molecule has 0 aliphatic heterocycles. The zero-order valence-electron chi connectivity index (χ0n) is 42.5. The summed E-state index contributed by atoms with van der Waals surface area (Å²) in [4.78, 5) is 25.4. The van der Waals surface area contributed by atoms with Crippen LogP contribution in [0.1, 0.15) is 264 Å². The number of nitrogens with one attached hydrogen (secondary N) is 1. The van der Waals surface area contributed by atoms with Gasteiger partial charge in [0, 0.05) is 6.42 Å². The van der Waals surface area contributed by atoms with Gasteiger partial charge in [-0.25, -0.2) is 0 Å². The molecule has 0 aromatic carbocycles. The average Bonchev–Trinajstić information content (AvgIpc) is 3.24. The number of carbonyl (C=O) groups excluding carboxylic acids is 1. The fraction of sp³-hybridized carbons (Fsp3) is 0.907. The van der Waals surface area contributed by atoms with Crippen LogP contribution in [0.3, 0.4) is 0 Å². The van der Waals surface area contributed by atoms with E-state index in [0.29, 0.717) is 17.4 Å². The van der Waals surface area contributed by atoms with E-state index in [4.69, 9.17) is 9.05 Å². The molecular weight excluding hydrogens is 804 g/mol. The number of aliphatic hydroxyl groups excluding tert-OH is 1. The second-order valence-electron chi connectivity index (χ2n) is 19.9. The SMILES string of the molecule is CCCCCCCCCC/C=C\CCCCCCCCCCCCCCCC(=O)NC(COP(=O)([O-])OCC[N+](C)(C)C)C(O)/C=C/CCCCCCCCCCCCCCCC. The minimum absolute atomic E-state index is 0.000854. The van der Waals surface area contributed by atoms with E-state index >= 15 is 0 Å². The lowest BCUT2D eigenvalue weighted by Crippen LogP contribution is -2.45. The molecule has 0 aliphatic rings. The van der Waals surface area contributed by atoms with Crippen molar-refractivity contribution < 1.29 is 32.9 Å². The van der Waals surface area contributed by atoms with E-state index < -0.39 is 20.0 Å². The quantitative estimate of drug-likeness (QED) is 0.0272. The highest BCUT2D eigenvalue weighted by Gasteiger charge is 2.23. The molecule has 3 unspecified atom stereocenters. The van der Waals surface area contributed by atoms with Crippen molar-refractivity contribution in [1.29, 1.82) is 0 Å². The molecule has 0 aliphatic carbocycles. The Kier molecular flexibility index (Phi) is 45.4. The first-order valence-electron chi connectivity index (χ1n) is 27.2. The van der Waals surface area contributed by atoms with Crippen molar-refractivity contribution in [3.63, 3.8) is 0 Å². The molecule has 0 saturated heterocycles. The lowest BCUT2D eigenvalue weighted by Gasteiger charge is -2.29. The smallest absolute Gasteiger partial charge is 0.268 e. The van der Waals surface area contributed by atoms with Gasteiger partial charge in [0.05, 0.1) is 39.9 Å². The molecule has 9 heteroatoms. The Morgan fingerprint density at radius 1 is 0.540 bits per heavy atom. The number of aliphatic hydroxyl groups is 1. The number of hydrogen-bond acceptors (Lipinski definition) is 6. The normalized spacial score (nSPS) is 14.2. The molecule has 0 bridgehead atoms. The maximum atomic E-state index is 12.9. The Morgan fingerprint density at radius 3 is 1.24 bits per heavy atom. The molecule has 0 radical (unpaired) electrons. The summed E-state index contributed by atoms with van der Waals surface area (Å²) in [6.07, 6.45) is 56.7. The molecule has 0 fully saturated rings. The van der Waals surface area contributed by atoms with Gasteiger partial charge in [0.25, 0.3) is 7.82 Å². The van der Waals surface area contributed by atoms with Crippen LogP contribution in [0.4, 0.5) is 0 Å².